The fourth-order valence-corrected chi connectivity index (χ4v) is 7.49. The van der Waals surface area contributed by atoms with Gasteiger partial charge in [-0.25, -0.2) is 4.79 Å². The Morgan fingerprint density at radius 3 is 2.34 bits per heavy atom. The summed E-state index contributed by atoms with van der Waals surface area (Å²) >= 11 is 12.6. The quantitative estimate of drug-likeness (QED) is 0.189. The molecule has 11 heteroatoms. The molecule has 2 aliphatic heterocycles. The minimum absolute atomic E-state index is 0.0442. The Morgan fingerprint density at radius 1 is 0.981 bits per heavy atom. The summed E-state index contributed by atoms with van der Waals surface area (Å²) in [5.41, 5.74) is 1.62. The number of amidine groups is 1. The molecule has 1 aliphatic carbocycles. The summed E-state index contributed by atoms with van der Waals surface area (Å²) in [5, 5.41) is 1.34. The molecule has 1 unspecified atom stereocenters. The van der Waals surface area contributed by atoms with Crippen molar-refractivity contribution in [1.29, 1.82) is 0 Å². The molecule has 0 saturated carbocycles. The zero-order valence-electron chi connectivity index (χ0n) is 32.7. The molecule has 3 heterocycles. The van der Waals surface area contributed by atoms with Gasteiger partial charge in [0.25, 0.3) is 0 Å². The van der Waals surface area contributed by atoms with Gasteiger partial charge in [-0.1, -0.05) is 68.3 Å². The molecule has 5 rings (SSSR count). The number of halogens is 2. The lowest BCUT2D eigenvalue weighted by atomic mass is 9.83. The summed E-state index contributed by atoms with van der Waals surface area (Å²) in [6.07, 6.45) is 11.7. The molecule has 0 bridgehead atoms. The second kappa shape index (κ2) is 17.8. The maximum atomic E-state index is 15.0. The summed E-state index contributed by atoms with van der Waals surface area (Å²) in [6.45, 7) is 17.9. The topological polar surface area (TPSA) is 81.6 Å². The van der Waals surface area contributed by atoms with E-state index in [-0.39, 0.29) is 35.7 Å². The minimum Gasteiger partial charge on any atom is -0.493 e. The lowest BCUT2D eigenvalue weighted by Crippen LogP contribution is -2.50. The number of rotatable bonds is 9. The highest BCUT2D eigenvalue weighted by Gasteiger charge is 2.36. The van der Waals surface area contributed by atoms with Gasteiger partial charge < -0.3 is 19.4 Å². The fraction of sp³-hybridized carbons (Fsp3) is 0.571. The molecule has 1 aromatic carbocycles. The molecule has 3 aliphatic rings. The minimum atomic E-state index is -0.625. The summed E-state index contributed by atoms with van der Waals surface area (Å²) in [6, 6.07) is 9.44. The van der Waals surface area contributed by atoms with Gasteiger partial charge in [0, 0.05) is 78.5 Å². The molecule has 2 saturated heterocycles. The molecule has 0 spiro atoms. The van der Waals surface area contributed by atoms with Crippen molar-refractivity contribution in [3.8, 4) is 5.75 Å². The van der Waals surface area contributed by atoms with Gasteiger partial charge in [0.2, 0.25) is 5.91 Å². The summed E-state index contributed by atoms with van der Waals surface area (Å²) in [4.78, 5) is 46.7. The molecule has 2 aromatic rings. The number of piperidine rings is 1. The zero-order chi connectivity index (χ0) is 38.3. The van der Waals surface area contributed by atoms with Gasteiger partial charge in [-0.3, -0.25) is 19.7 Å². The number of hydrogen-bond donors (Lipinski definition) is 0. The molecule has 0 radical (unpaired) electrons. The zero-order valence-corrected chi connectivity index (χ0v) is 34.2. The largest absolute Gasteiger partial charge is 0.493 e. The Kier molecular flexibility index (Phi) is 13.7. The molecule has 3 amide bonds. The van der Waals surface area contributed by atoms with Crippen molar-refractivity contribution in [1.82, 2.24) is 24.6 Å². The van der Waals surface area contributed by atoms with Crippen molar-refractivity contribution in [2.45, 2.75) is 91.1 Å². The number of aliphatic imine (C=N–C) groups is 1. The van der Waals surface area contributed by atoms with Gasteiger partial charge in [-0.05, 0) is 89.7 Å². The average molecular weight is 766 g/mol. The standard InChI is InChI=1S/C42H58Cl2N6O3/c1-8-53-36-27-37(41(2,3)4)45-28-35(36)39(46-42(5,6)32-12-16-34(44)17-13-32)50(29-31-10-14-33(43)15-11-31)40(52)49-22-18-30(19-23-49)26-38(51)48-21-9-20-47(7)24-25-48/h10-12,14-17,27-28,30,32H,8-9,13,18-26,29H2,1-7H3. The van der Waals surface area contributed by atoms with Crippen LogP contribution in [-0.2, 0) is 16.8 Å². The number of carbonyl (C=O) groups is 2. The SMILES string of the molecule is CCOc1cc(C(C)(C)C)ncc1C(=NC(C)(C)C1C=CC(Cl)=CC1)N(Cc1ccc(Cl)cc1)C(=O)N1CCC(CC(=O)N2CCCN(C)CC2)CC1. The molecule has 53 heavy (non-hydrogen) atoms. The molecular formula is C42H58Cl2N6O3. The molecule has 9 nitrogen and oxygen atoms in total. The number of carbonyl (C=O) groups excluding carboxylic acids is 2. The van der Waals surface area contributed by atoms with Gasteiger partial charge in [-0.15, -0.1) is 0 Å². The van der Waals surface area contributed by atoms with Crippen LogP contribution in [0.3, 0.4) is 0 Å². The number of allylic oxidation sites excluding steroid dienone is 3. The number of hydrogen-bond acceptors (Lipinski definition) is 6. The van der Waals surface area contributed by atoms with E-state index in [0.29, 0.717) is 53.3 Å². The van der Waals surface area contributed by atoms with E-state index in [0.717, 1.165) is 63.1 Å². The number of aromatic nitrogens is 1. The summed E-state index contributed by atoms with van der Waals surface area (Å²) in [7, 11) is 2.11. The lowest BCUT2D eigenvalue weighted by molar-refractivity contribution is -0.132. The Balaban J connectivity index is 1.50. The average Bonchev–Trinajstić information content (AvgIpc) is 3.35. The van der Waals surface area contributed by atoms with Crippen LogP contribution in [0.4, 0.5) is 4.79 Å². The Hall–Kier alpha value is -3.40. The lowest BCUT2D eigenvalue weighted by Gasteiger charge is -2.38. The number of likely N-dealkylation sites (N-methyl/N-ethyl adjacent to an activating group) is 1. The molecule has 0 N–H and O–H groups in total. The van der Waals surface area contributed by atoms with Crippen LogP contribution in [0.15, 0.2) is 64.8 Å². The maximum Gasteiger partial charge on any atom is 0.325 e. The number of likely N-dealkylation sites (tertiary alicyclic amines) is 1. The summed E-state index contributed by atoms with van der Waals surface area (Å²) < 4.78 is 6.31. The van der Waals surface area contributed by atoms with E-state index in [1.54, 1.807) is 4.90 Å². The van der Waals surface area contributed by atoms with Crippen LogP contribution in [0.1, 0.15) is 90.5 Å². The van der Waals surface area contributed by atoms with E-state index in [2.05, 4.69) is 52.6 Å². The van der Waals surface area contributed by atoms with Gasteiger partial charge in [0.15, 0.2) is 0 Å². The van der Waals surface area contributed by atoms with E-state index < -0.39 is 5.54 Å². The van der Waals surface area contributed by atoms with Gasteiger partial charge in [0.05, 0.1) is 24.3 Å². The highest BCUT2D eigenvalue weighted by Crippen LogP contribution is 2.35. The number of nitrogens with zero attached hydrogens (tertiary/aromatic N) is 6. The van der Waals surface area contributed by atoms with Gasteiger partial charge in [0.1, 0.15) is 11.6 Å². The second-order valence-electron chi connectivity index (χ2n) is 16.3. The van der Waals surface area contributed by atoms with Crippen molar-refractivity contribution < 1.29 is 14.3 Å². The van der Waals surface area contributed by atoms with Gasteiger partial charge in [-0.2, -0.15) is 0 Å². The number of ether oxygens (including phenoxy) is 1. The molecular weight excluding hydrogens is 707 g/mol. The van der Waals surface area contributed by atoms with Crippen LogP contribution in [0, 0.1) is 11.8 Å². The van der Waals surface area contributed by atoms with Crippen molar-refractivity contribution >= 4 is 41.0 Å². The number of pyridine rings is 1. The van der Waals surface area contributed by atoms with Crippen LogP contribution in [0.25, 0.3) is 0 Å². The molecule has 2 fully saturated rings. The third-order valence-corrected chi connectivity index (χ3v) is 11.2. The molecule has 288 valence electrons. The van der Waals surface area contributed by atoms with Crippen LogP contribution in [-0.4, -0.2) is 101 Å². The van der Waals surface area contributed by atoms with E-state index >= 15 is 0 Å². The highest BCUT2D eigenvalue weighted by atomic mass is 35.5. The maximum absolute atomic E-state index is 15.0. The summed E-state index contributed by atoms with van der Waals surface area (Å²) in [5.74, 6) is 1.65. The predicted molar refractivity (Wildman–Crippen MR) is 216 cm³/mol. The van der Waals surface area contributed by atoms with Crippen LogP contribution < -0.4 is 4.74 Å². The van der Waals surface area contributed by atoms with Crippen molar-refractivity contribution in [2.24, 2.45) is 16.8 Å². The monoisotopic (exact) mass is 764 g/mol. The Morgan fingerprint density at radius 2 is 1.70 bits per heavy atom. The van der Waals surface area contributed by atoms with E-state index in [9.17, 15) is 9.59 Å². The third kappa shape index (κ3) is 10.9. The fourth-order valence-electron chi connectivity index (χ4n) is 7.21. The smallest absolute Gasteiger partial charge is 0.325 e. The van der Waals surface area contributed by atoms with Crippen molar-refractivity contribution in [3.63, 3.8) is 0 Å². The second-order valence-corrected chi connectivity index (χ2v) is 17.2. The first-order chi connectivity index (χ1) is 25.1. The van der Waals surface area contributed by atoms with Crippen molar-refractivity contribution in [3.05, 3.63) is 81.6 Å². The Bertz CT molecular complexity index is 1670. The number of urea groups is 1. The normalized spacial score (nSPS) is 19.5. The Labute approximate surface area is 327 Å². The van der Waals surface area contributed by atoms with Crippen LogP contribution in [0.2, 0.25) is 5.02 Å². The predicted octanol–water partition coefficient (Wildman–Crippen LogP) is 8.54. The molecule has 1 aromatic heterocycles. The van der Waals surface area contributed by atoms with Crippen molar-refractivity contribution in [2.75, 3.05) is 52.9 Å². The van der Waals surface area contributed by atoms with E-state index in [1.807, 2.05) is 65.4 Å². The highest BCUT2D eigenvalue weighted by molar-refractivity contribution is 6.31. The van der Waals surface area contributed by atoms with Crippen LogP contribution in [0.5, 0.6) is 5.75 Å². The van der Waals surface area contributed by atoms with Crippen LogP contribution >= 0.6 is 23.2 Å². The third-order valence-electron chi connectivity index (χ3n) is 10.7. The first-order valence-electron chi connectivity index (χ1n) is 19.2. The number of amides is 3. The first-order valence-corrected chi connectivity index (χ1v) is 19.9. The molecule has 1 atom stereocenters. The van der Waals surface area contributed by atoms with E-state index in [4.69, 9.17) is 37.9 Å². The van der Waals surface area contributed by atoms with E-state index in [1.165, 1.54) is 0 Å². The number of benzene rings is 1. The first kappa shape index (κ1) is 40.8. The van der Waals surface area contributed by atoms with Gasteiger partial charge >= 0.3 is 6.03 Å².